The van der Waals surface area contributed by atoms with Crippen LogP contribution in [0, 0.1) is 0 Å². The van der Waals surface area contributed by atoms with Crippen molar-refractivity contribution in [2.45, 2.75) is 32.7 Å². The number of nitrogens with zero attached hydrogens (tertiary/aromatic N) is 5. The normalized spacial score (nSPS) is 16.0. The van der Waals surface area contributed by atoms with E-state index in [0.29, 0.717) is 25.2 Å². The largest absolute Gasteiger partial charge is 0.336 e. The van der Waals surface area contributed by atoms with Gasteiger partial charge in [-0.3, -0.25) is 19.6 Å². The average Bonchev–Trinajstić information content (AvgIpc) is 3.14. The number of amides is 1. The summed E-state index contributed by atoms with van der Waals surface area (Å²) in [6.45, 7) is 10.5. The van der Waals surface area contributed by atoms with Gasteiger partial charge in [-0.2, -0.15) is 10.2 Å². The van der Waals surface area contributed by atoms with E-state index in [0.717, 1.165) is 25.3 Å². The second-order valence-corrected chi connectivity index (χ2v) is 7.65. The third-order valence-electron chi connectivity index (χ3n) is 4.67. The fourth-order valence-electron chi connectivity index (χ4n) is 2.97. The fraction of sp³-hybridized carbons (Fsp3) is 0.556. The number of piperazine rings is 1. The second-order valence-electron chi connectivity index (χ2n) is 7.65. The summed E-state index contributed by atoms with van der Waals surface area (Å²) in [5.41, 5.74) is 1.33. The predicted molar refractivity (Wildman–Crippen MR) is 98.1 cm³/mol. The molecule has 0 aromatic carbocycles. The van der Waals surface area contributed by atoms with Crippen molar-refractivity contribution >= 4 is 5.91 Å². The summed E-state index contributed by atoms with van der Waals surface area (Å²) in [6, 6.07) is 3.40. The van der Waals surface area contributed by atoms with Crippen molar-refractivity contribution in [1.82, 2.24) is 29.8 Å². The molecule has 26 heavy (non-hydrogen) atoms. The van der Waals surface area contributed by atoms with E-state index in [-0.39, 0.29) is 16.9 Å². The molecule has 140 valence electrons. The van der Waals surface area contributed by atoms with Gasteiger partial charge in [0, 0.05) is 50.4 Å². The van der Waals surface area contributed by atoms with Crippen molar-refractivity contribution in [3.8, 4) is 0 Å². The third kappa shape index (κ3) is 4.19. The van der Waals surface area contributed by atoms with Crippen LogP contribution in [0.2, 0.25) is 0 Å². The van der Waals surface area contributed by atoms with Gasteiger partial charge in [-0.25, -0.2) is 4.68 Å². The van der Waals surface area contributed by atoms with Crippen LogP contribution in [0.15, 0.2) is 29.3 Å². The standard InChI is InChI=1S/C18H26N6O2/c1-18(2,3)15-4-5-16(25)24(21-15)11-8-22-6-9-23(10-7-22)17(26)14-12-19-20-13-14/h4-5,12-13H,6-11H2,1-3H3,(H,19,20). The second kappa shape index (κ2) is 7.41. The summed E-state index contributed by atoms with van der Waals surface area (Å²) in [5.74, 6) is 0.00849. The molecule has 3 heterocycles. The van der Waals surface area contributed by atoms with E-state index in [1.165, 1.54) is 0 Å². The smallest absolute Gasteiger partial charge is 0.266 e. The van der Waals surface area contributed by atoms with E-state index in [4.69, 9.17) is 0 Å². The lowest BCUT2D eigenvalue weighted by Crippen LogP contribution is -2.49. The van der Waals surface area contributed by atoms with Crippen LogP contribution in [0.1, 0.15) is 36.8 Å². The Morgan fingerprint density at radius 3 is 2.50 bits per heavy atom. The van der Waals surface area contributed by atoms with Crippen molar-refractivity contribution in [3.05, 3.63) is 46.1 Å². The molecule has 3 rings (SSSR count). The molecule has 1 N–H and O–H groups in total. The molecule has 2 aromatic rings. The van der Waals surface area contributed by atoms with Gasteiger partial charge in [0.1, 0.15) is 0 Å². The van der Waals surface area contributed by atoms with Gasteiger partial charge in [0.15, 0.2) is 0 Å². The Morgan fingerprint density at radius 1 is 1.15 bits per heavy atom. The average molecular weight is 358 g/mol. The number of carbonyl (C=O) groups excluding carboxylic acids is 1. The SMILES string of the molecule is CC(C)(C)c1ccc(=O)n(CCN2CCN(C(=O)c3cn[nH]c3)CC2)n1. The van der Waals surface area contributed by atoms with E-state index in [2.05, 4.69) is 41.0 Å². The number of aromatic amines is 1. The Kier molecular flexibility index (Phi) is 5.22. The first kappa shape index (κ1) is 18.3. The van der Waals surface area contributed by atoms with Crippen molar-refractivity contribution in [2.24, 2.45) is 0 Å². The zero-order chi connectivity index (χ0) is 18.7. The topological polar surface area (TPSA) is 87.1 Å². The van der Waals surface area contributed by atoms with Crippen molar-refractivity contribution in [3.63, 3.8) is 0 Å². The van der Waals surface area contributed by atoms with Crippen LogP contribution < -0.4 is 5.56 Å². The van der Waals surface area contributed by atoms with Crippen molar-refractivity contribution in [2.75, 3.05) is 32.7 Å². The molecule has 0 atom stereocenters. The highest BCUT2D eigenvalue weighted by Crippen LogP contribution is 2.18. The van der Waals surface area contributed by atoms with Gasteiger partial charge in [-0.15, -0.1) is 0 Å². The molecular weight excluding hydrogens is 332 g/mol. The van der Waals surface area contributed by atoms with E-state index < -0.39 is 0 Å². The number of hydrogen-bond donors (Lipinski definition) is 1. The zero-order valence-electron chi connectivity index (χ0n) is 15.6. The maximum absolute atomic E-state index is 12.3. The van der Waals surface area contributed by atoms with Gasteiger partial charge in [0.2, 0.25) is 0 Å². The summed E-state index contributed by atoms with van der Waals surface area (Å²) in [6.07, 6.45) is 3.17. The van der Waals surface area contributed by atoms with E-state index in [9.17, 15) is 9.59 Å². The van der Waals surface area contributed by atoms with Gasteiger partial charge >= 0.3 is 0 Å². The highest BCUT2D eigenvalue weighted by Gasteiger charge is 2.23. The molecule has 1 fully saturated rings. The van der Waals surface area contributed by atoms with E-state index >= 15 is 0 Å². The summed E-state index contributed by atoms with van der Waals surface area (Å²) < 4.78 is 1.55. The Morgan fingerprint density at radius 2 is 1.88 bits per heavy atom. The number of aromatic nitrogens is 4. The molecule has 8 nitrogen and oxygen atoms in total. The van der Waals surface area contributed by atoms with Gasteiger partial charge < -0.3 is 4.90 Å². The Balaban J connectivity index is 1.54. The van der Waals surface area contributed by atoms with Crippen molar-refractivity contribution < 1.29 is 4.79 Å². The number of H-pyrrole nitrogens is 1. The minimum Gasteiger partial charge on any atom is -0.336 e. The number of rotatable bonds is 4. The molecule has 0 spiro atoms. The molecule has 2 aromatic heterocycles. The highest BCUT2D eigenvalue weighted by atomic mass is 16.2. The Bertz CT molecular complexity index is 798. The zero-order valence-corrected chi connectivity index (χ0v) is 15.6. The molecule has 0 unspecified atom stereocenters. The number of nitrogens with one attached hydrogen (secondary N) is 1. The van der Waals surface area contributed by atoms with Gasteiger partial charge in [0.25, 0.3) is 11.5 Å². The summed E-state index contributed by atoms with van der Waals surface area (Å²) >= 11 is 0. The Hall–Kier alpha value is -2.48. The molecule has 1 saturated heterocycles. The molecule has 0 aliphatic carbocycles. The molecule has 1 amide bonds. The van der Waals surface area contributed by atoms with E-state index in [1.807, 2.05) is 4.90 Å². The first-order valence-electron chi connectivity index (χ1n) is 8.93. The van der Waals surface area contributed by atoms with Crippen LogP contribution >= 0.6 is 0 Å². The van der Waals surface area contributed by atoms with Crippen LogP contribution in [0.5, 0.6) is 0 Å². The van der Waals surface area contributed by atoms with Crippen LogP contribution in [0.4, 0.5) is 0 Å². The lowest BCUT2D eigenvalue weighted by Gasteiger charge is -2.34. The summed E-state index contributed by atoms with van der Waals surface area (Å²) in [4.78, 5) is 28.5. The van der Waals surface area contributed by atoms with Crippen molar-refractivity contribution in [1.29, 1.82) is 0 Å². The van der Waals surface area contributed by atoms with Gasteiger partial charge in [-0.1, -0.05) is 20.8 Å². The van der Waals surface area contributed by atoms with Crippen LogP contribution in [-0.4, -0.2) is 68.4 Å². The number of hydrogen-bond acceptors (Lipinski definition) is 5. The monoisotopic (exact) mass is 358 g/mol. The van der Waals surface area contributed by atoms with Crippen LogP contribution in [-0.2, 0) is 12.0 Å². The molecule has 1 aliphatic rings. The molecule has 1 aliphatic heterocycles. The molecule has 8 heteroatoms. The maximum Gasteiger partial charge on any atom is 0.266 e. The minimum atomic E-state index is -0.0888. The Labute approximate surface area is 152 Å². The minimum absolute atomic E-state index is 0.00849. The predicted octanol–water partition coefficient (Wildman–Crippen LogP) is 0.722. The van der Waals surface area contributed by atoms with Crippen LogP contribution in [0.25, 0.3) is 0 Å². The third-order valence-corrected chi connectivity index (χ3v) is 4.67. The molecule has 0 bridgehead atoms. The van der Waals surface area contributed by atoms with Gasteiger partial charge in [-0.05, 0) is 6.07 Å². The fourth-order valence-corrected chi connectivity index (χ4v) is 2.97. The van der Waals surface area contributed by atoms with Crippen LogP contribution in [0.3, 0.4) is 0 Å². The first-order chi connectivity index (χ1) is 12.3. The lowest BCUT2D eigenvalue weighted by atomic mass is 9.92. The molecule has 0 radical (unpaired) electrons. The quantitative estimate of drug-likeness (QED) is 0.870. The molecular formula is C18H26N6O2. The first-order valence-corrected chi connectivity index (χ1v) is 8.93. The number of carbonyl (C=O) groups is 1. The summed E-state index contributed by atoms with van der Waals surface area (Å²) in [5, 5.41) is 11.0. The lowest BCUT2D eigenvalue weighted by molar-refractivity contribution is 0.0631. The summed E-state index contributed by atoms with van der Waals surface area (Å²) in [7, 11) is 0. The maximum atomic E-state index is 12.3. The van der Waals surface area contributed by atoms with Gasteiger partial charge in [0.05, 0.1) is 24.0 Å². The molecule has 0 saturated carbocycles. The van der Waals surface area contributed by atoms with E-state index in [1.54, 1.807) is 29.2 Å². The highest BCUT2D eigenvalue weighted by molar-refractivity contribution is 5.93.